The first kappa shape index (κ1) is 19.5. The molecule has 2 aromatic carbocycles. The lowest BCUT2D eigenvalue weighted by molar-refractivity contribution is -0.130. The van der Waals surface area contributed by atoms with Crippen LogP contribution in [0.15, 0.2) is 36.4 Å². The van der Waals surface area contributed by atoms with Gasteiger partial charge in [-0.25, -0.2) is 0 Å². The third-order valence-corrected chi connectivity index (χ3v) is 4.53. The van der Waals surface area contributed by atoms with E-state index in [1.165, 1.54) is 0 Å². The van der Waals surface area contributed by atoms with Gasteiger partial charge in [-0.2, -0.15) is 0 Å². The van der Waals surface area contributed by atoms with Crippen LogP contribution in [-0.4, -0.2) is 38.7 Å². The second-order valence-electron chi connectivity index (χ2n) is 6.58. The molecule has 28 heavy (non-hydrogen) atoms. The highest BCUT2D eigenvalue weighted by Gasteiger charge is 2.29. The monoisotopic (exact) mass is 384 g/mol. The molecule has 0 radical (unpaired) electrons. The van der Waals surface area contributed by atoms with Crippen molar-refractivity contribution in [1.29, 1.82) is 0 Å². The summed E-state index contributed by atoms with van der Waals surface area (Å²) < 4.78 is 16.3. The summed E-state index contributed by atoms with van der Waals surface area (Å²) in [6.07, 6.45) is -0.318. The molecule has 1 aliphatic rings. The number of carbonyl (C=O) groups is 2. The van der Waals surface area contributed by atoms with Crippen molar-refractivity contribution in [3.8, 4) is 17.2 Å². The Labute approximate surface area is 164 Å². The molecule has 3 rings (SSSR count). The highest BCUT2D eigenvalue weighted by Crippen LogP contribution is 2.31. The van der Waals surface area contributed by atoms with E-state index in [0.29, 0.717) is 24.4 Å². The van der Waals surface area contributed by atoms with E-state index >= 15 is 0 Å². The molecule has 0 saturated heterocycles. The van der Waals surface area contributed by atoms with Gasteiger partial charge in [-0.05, 0) is 54.8 Å². The highest BCUT2D eigenvalue weighted by atomic mass is 16.5. The lowest BCUT2D eigenvalue weighted by Crippen LogP contribution is -2.41. The van der Waals surface area contributed by atoms with E-state index in [1.54, 1.807) is 20.3 Å². The predicted molar refractivity (Wildman–Crippen MR) is 105 cm³/mol. The van der Waals surface area contributed by atoms with Gasteiger partial charge in [-0.3, -0.25) is 9.59 Å². The lowest BCUT2D eigenvalue weighted by atomic mass is 10.1. The Morgan fingerprint density at radius 1 is 1.18 bits per heavy atom. The van der Waals surface area contributed by atoms with Crippen LogP contribution in [0.2, 0.25) is 0 Å². The zero-order valence-corrected chi connectivity index (χ0v) is 16.2. The summed E-state index contributed by atoms with van der Waals surface area (Å²) in [5.41, 5.74) is 2.58. The molecule has 148 valence electrons. The molecule has 0 spiro atoms. The van der Waals surface area contributed by atoms with E-state index < -0.39 is 6.10 Å². The van der Waals surface area contributed by atoms with E-state index in [2.05, 4.69) is 10.6 Å². The average Bonchev–Trinajstić information content (AvgIpc) is 2.68. The van der Waals surface area contributed by atoms with Gasteiger partial charge in [-0.15, -0.1) is 0 Å². The minimum absolute atomic E-state index is 0.0472. The topological polar surface area (TPSA) is 85.9 Å². The molecule has 2 aromatic rings. The van der Waals surface area contributed by atoms with Crippen molar-refractivity contribution >= 4 is 17.5 Å². The molecule has 2 amide bonds. The number of hydrogen-bond acceptors (Lipinski definition) is 5. The normalized spacial score (nSPS) is 15.1. The molecule has 0 aliphatic carbocycles. The molecule has 7 heteroatoms. The summed E-state index contributed by atoms with van der Waals surface area (Å²) in [5.74, 6) is 1.46. The largest absolute Gasteiger partial charge is 0.497 e. The van der Waals surface area contributed by atoms with Crippen molar-refractivity contribution in [2.75, 3.05) is 26.1 Å². The Morgan fingerprint density at radius 3 is 2.75 bits per heavy atom. The molecule has 0 bridgehead atoms. The molecule has 7 nitrogen and oxygen atoms in total. The second kappa shape index (κ2) is 8.65. The van der Waals surface area contributed by atoms with Crippen LogP contribution in [0.1, 0.15) is 17.5 Å². The standard InChI is InChI=1S/C21H24N2O5/c1-13-4-6-18-16(10-13)23-21(25)19(28-18)12-20(24)22-9-8-14-11-15(26-2)5-7-17(14)27-3/h4-7,10-11,19H,8-9,12H2,1-3H3,(H,22,24)(H,23,25)/t19-/m0/s1. The SMILES string of the molecule is COc1ccc(OC)c(CCNC(=O)C[C@@H]2Oc3ccc(C)cc3NC2=O)c1. The fraction of sp³-hybridized carbons (Fsp3) is 0.333. The summed E-state index contributed by atoms with van der Waals surface area (Å²) in [4.78, 5) is 24.5. The molecule has 0 aromatic heterocycles. The smallest absolute Gasteiger partial charge is 0.266 e. The third-order valence-electron chi connectivity index (χ3n) is 4.53. The average molecular weight is 384 g/mol. The molecule has 2 N–H and O–H groups in total. The van der Waals surface area contributed by atoms with Gasteiger partial charge in [0.1, 0.15) is 17.2 Å². The van der Waals surface area contributed by atoms with Crippen LogP contribution in [0.5, 0.6) is 17.2 Å². The molecule has 0 saturated carbocycles. The first-order chi connectivity index (χ1) is 13.5. The van der Waals surface area contributed by atoms with Gasteiger partial charge in [0, 0.05) is 6.54 Å². The Balaban J connectivity index is 1.54. The number of methoxy groups -OCH3 is 2. The van der Waals surface area contributed by atoms with Gasteiger partial charge in [0.05, 0.1) is 26.3 Å². The minimum atomic E-state index is -0.846. The van der Waals surface area contributed by atoms with E-state index in [-0.39, 0.29) is 18.2 Å². The van der Waals surface area contributed by atoms with Crippen molar-refractivity contribution in [1.82, 2.24) is 5.32 Å². The Hall–Kier alpha value is -3.22. The molecule has 1 heterocycles. The summed E-state index contributed by atoms with van der Waals surface area (Å²) >= 11 is 0. The van der Waals surface area contributed by atoms with Crippen molar-refractivity contribution in [2.45, 2.75) is 25.9 Å². The maximum Gasteiger partial charge on any atom is 0.266 e. The van der Waals surface area contributed by atoms with E-state index in [4.69, 9.17) is 14.2 Å². The number of anilines is 1. The van der Waals surface area contributed by atoms with Gasteiger partial charge in [0.2, 0.25) is 5.91 Å². The van der Waals surface area contributed by atoms with E-state index in [1.807, 2.05) is 37.3 Å². The van der Waals surface area contributed by atoms with Crippen LogP contribution >= 0.6 is 0 Å². The Bertz CT molecular complexity index is 881. The van der Waals surface area contributed by atoms with Crippen LogP contribution in [-0.2, 0) is 16.0 Å². The number of nitrogens with one attached hydrogen (secondary N) is 2. The van der Waals surface area contributed by atoms with Crippen LogP contribution in [0.4, 0.5) is 5.69 Å². The summed E-state index contributed by atoms with van der Waals surface area (Å²) in [5, 5.41) is 5.62. The molecule has 0 unspecified atom stereocenters. The molecule has 0 fully saturated rings. The zero-order chi connectivity index (χ0) is 20.1. The van der Waals surface area contributed by atoms with Crippen molar-refractivity contribution in [2.24, 2.45) is 0 Å². The minimum Gasteiger partial charge on any atom is -0.497 e. The zero-order valence-electron chi connectivity index (χ0n) is 16.2. The second-order valence-corrected chi connectivity index (χ2v) is 6.58. The number of fused-ring (bicyclic) bond motifs is 1. The number of rotatable bonds is 7. The van der Waals surface area contributed by atoms with Gasteiger partial charge in [-0.1, -0.05) is 6.07 Å². The van der Waals surface area contributed by atoms with Crippen LogP contribution < -0.4 is 24.8 Å². The number of carbonyl (C=O) groups excluding carboxylic acids is 2. The summed E-state index contributed by atoms with van der Waals surface area (Å²) in [7, 11) is 3.20. The van der Waals surface area contributed by atoms with Crippen molar-refractivity contribution in [3.05, 3.63) is 47.5 Å². The number of ether oxygens (including phenoxy) is 3. The van der Waals surface area contributed by atoms with Gasteiger partial charge in [0.15, 0.2) is 6.10 Å². The first-order valence-corrected chi connectivity index (χ1v) is 9.06. The van der Waals surface area contributed by atoms with Crippen molar-refractivity contribution in [3.63, 3.8) is 0 Å². The maximum atomic E-state index is 12.3. The van der Waals surface area contributed by atoms with Crippen LogP contribution in [0, 0.1) is 6.92 Å². The third kappa shape index (κ3) is 4.54. The number of aryl methyl sites for hydroxylation is 1. The van der Waals surface area contributed by atoms with E-state index in [9.17, 15) is 9.59 Å². The van der Waals surface area contributed by atoms with Gasteiger partial charge < -0.3 is 24.8 Å². The fourth-order valence-electron chi connectivity index (χ4n) is 3.05. The quantitative estimate of drug-likeness (QED) is 0.766. The number of amides is 2. The summed E-state index contributed by atoms with van der Waals surface area (Å²) in [6, 6.07) is 11.1. The van der Waals surface area contributed by atoms with Crippen LogP contribution in [0.3, 0.4) is 0 Å². The number of hydrogen-bond donors (Lipinski definition) is 2. The lowest BCUT2D eigenvalue weighted by Gasteiger charge is -2.25. The molecular weight excluding hydrogens is 360 g/mol. The Morgan fingerprint density at radius 2 is 2.00 bits per heavy atom. The molecule has 1 atom stereocenters. The fourth-order valence-corrected chi connectivity index (χ4v) is 3.05. The number of benzene rings is 2. The highest BCUT2D eigenvalue weighted by molar-refractivity contribution is 6.00. The van der Waals surface area contributed by atoms with Gasteiger partial charge >= 0.3 is 0 Å². The summed E-state index contributed by atoms with van der Waals surface area (Å²) in [6.45, 7) is 2.34. The van der Waals surface area contributed by atoms with E-state index in [0.717, 1.165) is 22.6 Å². The van der Waals surface area contributed by atoms with Gasteiger partial charge in [0.25, 0.3) is 5.91 Å². The maximum absolute atomic E-state index is 12.3. The van der Waals surface area contributed by atoms with Crippen LogP contribution in [0.25, 0.3) is 0 Å². The molecule has 1 aliphatic heterocycles. The molecular formula is C21H24N2O5. The van der Waals surface area contributed by atoms with Crippen molar-refractivity contribution < 1.29 is 23.8 Å². The first-order valence-electron chi connectivity index (χ1n) is 9.06. The Kier molecular flexibility index (Phi) is 6.03. The predicted octanol–water partition coefficient (Wildman–Crippen LogP) is 2.46.